The largest absolute Gasteiger partial charge is 0.744 e. The molecular weight excluding hydrogens is 1420 g/mol. The van der Waals surface area contributed by atoms with E-state index < -0.39 is 22.0 Å². The second-order valence-corrected chi connectivity index (χ2v) is 18.1. The van der Waals surface area contributed by atoms with Gasteiger partial charge in [0.2, 0.25) is 0 Å². The van der Waals surface area contributed by atoms with Crippen molar-refractivity contribution in [3.8, 4) is 17.2 Å². The lowest BCUT2D eigenvalue weighted by Gasteiger charge is -2.20. The van der Waals surface area contributed by atoms with Crippen LogP contribution < -0.4 is 14.2 Å². The summed E-state index contributed by atoms with van der Waals surface area (Å²) in [6, 6.07) is 10.6. The quantitative estimate of drug-likeness (QED) is 0.0925. The molecule has 0 radical (unpaired) electrons. The van der Waals surface area contributed by atoms with Gasteiger partial charge in [-0.3, -0.25) is 4.79 Å². The Morgan fingerprint density at radius 3 is 1.39 bits per heavy atom. The number of halogens is 8. The lowest BCUT2D eigenvalue weighted by molar-refractivity contribution is -0.141. The Hall–Kier alpha value is 2.48. The summed E-state index contributed by atoms with van der Waals surface area (Å²) < 4.78 is 58.7. The summed E-state index contributed by atoms with van der Waals surface area (Å²) in [5.74, 6) is 0.0253. The summed E-state index contributed by atoms with van der Waals surface area (Å²) in [6.45, 7) is -0.0195. The Morgan fingerprint density at radius 2 is 1.05 bits per heavy atom. The number of carbonyl (C=O) groups excluding carboxylic acids is 1. The van der Waals surface area contributed by atoms with Crippen LogP contribution in [0, 0.1) is 34.5 Å². The van der Waals surface area contributed by atoms with Gasteiger partial charge in [-0.05, 0) is 217 Å². The fourth-order valence-electron chi connectivity index (χ4n) is 2.92. The highest BCUT2D eigenvalue weighted by Gasteiger charge is 2.26. The molecule has 0 aliphatic carbocycles. The molecule has 0 saturated carbocycles. The zero-order valence-corrected chi connectivity index (χ0v) is 36.3. The fraction of sp³-hybridized carbons (Fsp3) is 0.136. The highest BCUT2D eigenvalue weighted by atomic mass is 127. The SMILES string of the molecule is O=C(Oc1cc(I)c(S(=O)(=O)[O-])c(I)c1)C(COc1c(I)cc(I)cc1I)COc1c(I)cc(I)cc1I. The van der Waals surface area contributed by atoms with Gasteiger partial charge in [-0.2, -0.15) is 0 Å². The van der Waals surface area contributed by atoms with Crippen LogP contribution >= 0.6 is 181 Å². The van der Waals surface area contributed by atoms with Gasteiger partial charge in [0.25, 0.3) is 0 Å². The van der Waals surface area contributed by atoms with E-state index in [4.69, 9.17) is 14.2 Å². The summed E-state index contributed by atoms with van der Waals surface area (Å²) in [5, 5.41) is 0. The van der Waals surface area contributed by atoms with E-state index in [1.54, 1.807) is 45.2 Å². The van der Waals surface area contributed by atoms with Crippen molar-refractivity contribution in [2.45, 2.75) is 4.90 Å². The van der Waals surface area contributed by atoms with Crippen molar-refractivity contribution in [1.82, 2.24) is 0 Å². The Morgan fingerprint density at radius 1 is 0.684 bits per heavy atom. The third-order valence-corrected chi connectivity index (χ3v) is 12.4. The van der Waals surface area contributed by atoms with Crippen LogP contribution in [0.2, 0.25) is 0 Å². The topological polar surface area (TPSA) is 102 Å². The van der Waals surface area contributed by atoms with E-state index in [9.17, 15) is 17.8 Å². The lowest BCUT2D eigenvalue weighted by atomic mass is 10.2. The van der Waals surface area contributed by atoms with Crippen LogP contribution in [-0.4, -0.2) is 32.2 Å². The van der Waals surface area contributed by atoms with Crippen molar-refractivity contribution in [2.24, 2.45) is 5.92 Å². The van der Waals surface area contributed by atoms with Crippen molar-refractivity contribution in [3.63, 3.8) is 0 Å². The first-order valence-electron chi connectivity index (χ1n) is 9.88. The molecule has 3 aromatic carbocycles. The monoisotopic (exact) mass is 1430 g/mol. The number of carbonyl (C=O) groups is 1. The molecule has 0 amide bonds. The summed E-state index contributed by atoms with van der Waals surface area (Å²) in [7, 11) is -4.68. The molecule has 0 aliphatic heterocycles. The molecule has 0 spiro atoms. The maximum absolute atomic E-state index is 13.3. The van der Waals surface area contributed by atoms with Crippen LogP contribution in [0.4, 0.5) is 0 Å². The average molecular weight is 1430 g/mol. The zero-order valence-electron chi connectivity index (χ0n) is 18.2. The minimum absolute atomic E-state index is 0.00976. The molecule has 0 aromatic heterocycles. The van der Waals surface area contributed by atoms with E-state index in [2.05, 4.69) is 136 Å². The molecule has 0 heterocycles. The van der Waals surface area contributed by atoms with E-state index in [1.807, 2.05) is 24.3 Å². The highest BCUT2D eigenvalue weighted by molar-refractivity contribution is 14.1. The van der Waals surface area contributed by atoms with E-state index in [1.165, 1.54) is 12.1 Å². The summed E-state index contributed by atoms with van der Waals surface area (Å²) in [4.78, 5) is 13.0. The summed E-state index contributed by atoms with van der Waals surface area (Å²) >= 11 is 16.7. The smallest absolute Gasteiger partial charge is 0.321 e. The predicted octanol–water partition coefficient (Wildman–Crippen LogP) is 8.11. The van der Waals surface area contributed by atoms with Crippen LogP contribution in [0.15, 0.2) is 41.3 Å². The van der Waals surface area contributed by atoms with Gasteiger partial charge in [0.1, 0.15) is 46.5 Å². The highest BCUT2D eigenvalue weighted by Crippen LogP contribution is 2.33. The van der Waals surface area contributed by atoms with E-state index in [-0.39, 0.29) is 31.0 Å². The molecular formula is C22H11I8O7S-. The Labute approximate surface area is 328 Å². The minimum Gasteiger partial charge on any atom is -0.744 e. The van der Waals surface area contributed by atoms with Crippen molar-refractivity contribution in [3.05, 3.63) is 65.0 Å². The Balaban J connectivity index is 1.88. The van der Waals surface area contributed by atoms with E-state index in [0.29, 0.717) is 11.5 Å². The molecule has 204 valence electrons. The predicted molar refractivity (Wildman–Crippen MR) is 209 cm³/mol. The first kappa shape index (κ1) is 35.0. The first-order valence-corrected chi connectivity index (χ1v) is 19.9. The van der Waals surface area contributed by atoms with Gasteiger partial charge in [-0.1, -0.05) is 0 Å². The molecule has 0 atom stereocenters. The molecule has 0 N–H and O–H groups in total. The van der Waals surface area contributed by atoms with Gasteiger partial charge in [0, 0.05) is 14.3 Å². The van der Waals surface area contributed by atoms with Crippen molar-refractivity contribution in [2.75, 3.05) is 13.2 Å². The third-order valence-electron chi connectivity index (χ3n) is 4.56. The minimum atomic E-state index is -4.68. The molecule has 0 aliphatic rings. The molecule has 7 nitrogen and oxygen atoms in total. The van der Waals surface area contributed by atoms with E-state index in [0.717, 1.165) is 21.4 Å². The Kier molecular flexibility index (Phi) is 14.2. The Bertz CT molecular complexity index is 1370. The van der Waals surface area contributed by atoms with Crippen molar-refractivity contribution >= 4 is 197 Å². The fourth-order valence-corrected chi connectivity index (χ4v) is 14.6. The molecule has 16 heteroatoms. The van der Waals surface area contributed by atoms with Crippen molar-refractivity contribution < 1.29 is 32.0 Å². The first-order chi connectivity index (χ1) is 17.7. The summed E-state index contributed by atoms with van der Waals surface area (Å²) in [6.07, 6.45) is 0. The summed E-state index contributed by atoms with van der Waals surface area (Å²) in [5.41, 5.74) is 0. The molecule has 3 aromatic rings. The normalized spacial score (nSPS) is 11.5. The molecule has 3 rings (SSSR count). The molecule has 0 unspecified atom stereocenters. The zero-order chi connectivity index (χ0) is 28.4. The molecule has 0 saturated heterocycles. The van der Waals surface area contributed by atoms with Crippen molar-refractivity contribution in [1.29, 1.82) is 0 Å². The molecule has 0 bridgehead atoms. The third kappa shape index (κ3) is 9.74. The van der Waals surface area contributed by atoms with Gasteiger partial charge < -0.3 is 18.8 Å². The number of ether oxygens (including phenoxy) is 3. The van der Waals surface area contributed by atoms with Gasteiger partial charge in [-0.25, -0.2) is 8.42 Å². The average Bonchev–Trinajstić information content (AvgIpc) is 2.74. The van der Waals surface area contributed by atoms with Crippen LogP contribution in [0.25, 0.3) is 0 Å². The van der Waals surface area contributed by atoms with Crippen LogP contribution in [-0.2, 0) is 14.9 Å². The van der Waals surface area contributed by atoms with E-state index >= 15 is 0 Å². The van der Waals surface area contributed by atoms with Gasteiger partial charge in [-0.15, -0.1) is 0 Å². The number of benzene rings is 3. The molecule has 38 heavy (non-hydrogen) atoms. The second-order valence-electron chi connectivity index (χ2n) is 7.31. The van der Waals surface area contributed by atoms with Gasteiger partial charge in [0.15, 0.2) is 0 Å². The van der Waals surface area contributed by atoms with Crippen LogP contribution in [0.3, 0.4) is 0 Å². The maximum atomic E-state index is 13.3. The second kappa shape index (κ2) is 15.5. The lowest BCUT2D eigenvalue weighted by Crippen LogP contribution is -2.32. The van der Waals surface area contributed by atoms with Crippen LogP contribution in [0.1, 0.15) is 0 Å². The number of rotatable bonds is 9. The standard InChI is InChI=1S/C22H12I8O7S/c23-10-1-13(25)19(14(26)2-10)35-7-9(8-36-20-15(27)3-11(24)4-16(20)28)22(31)37-12-5-17(29)21(18(30)6-12)38(32,33)34/h1-6,9H,7-8H2,(H,32,33,34)/p-1. The van der Waals surface area contributed by atoms with Gasteiger partial charge >= 0.3 is 5.97 Å². The number of hydrogen-bond donors (Lipinski definition) is 0. The number of esters is 1. The number of hydrogen-bond acceptors (Lipinski definition) is 7. The maximum Gasteiger partial charge on any atom is 0.321 e. The van der Waals surface area contributed by atoms with Gasteiger partial charge in [0.05, 0.1) is 19.2 Å². The van der Waals surface area contributed by atoms with Crippen LogP contribution in [0.5, 0.6) is 17.2 Å². The molecule has 0 fully saturated rings.